The first-order valence-electron chi connectivity index (χ1n) is 4.49. The SMILES string of the molecule is CC(=O)C=NNc1ccc(S(C)(=O)=O)cc1. The first kappa shape index (κ1) is 12.4. The van der Waals surface area contributed by atoms with Crippen LogP contribution in [0.2, 0.25) is 0 Å². The van der Waals surface area contributed by atoms with Gasteiger partial charge in [0.05, 0.1) is 16.8 Å². The van der Waals surface area contributed by atoms with Crippen LogP contribution in [-0.4, -0.2) is 26.7 Å². The minimum Gasteiger partial charge on any atom is -0.293 e. The molecule has 0 bridgehead atoms. The fourth-order valence-electron chi connectivity index (χ4n) is 0.974. The first-order chi connectivity index (χ1) is 7.39. The molecule has 0 saturated carbocycles. The molecule has 86 valence electrons. The average Bonchev–Trinajstić information content (AvgIpc) is 2.16. The molecule has 0 radical (unpaired) electrons. The topological polar surface area (TPSA) is 75.6 Å². The van der Waals surface area contributed by atoms with Gasteiger partial charge in [0.15, 0.2) is 15.6 Å². The van der Waals surface area contributed by atoms with Gasteiger partial charge in [0.1, 0.15) is 0 Å². The van der Waals surface area contributed by atoms with Gasteiger partial charge in [-0.1, -0.05) is 0 Å². The maximum atomic E-state index is 11.2. The van der Waals surface area contributed by atoms with Crippen LogP contribution in [-0.2, 0) is 14.6 Å². The first-order valence-corrected chi connectivity index (χ1v) is 6.38. The zero-order chi connectivity index (χ0) is 12.2. The highest BCUT2D eigenvalue weighted by Crippen LogP contribution is 2.13. The molecule has 0 spiro atoms. The third-order valence-electron chi connectivity index (χ3n) is 1.72. The van der Waals surface area contributed by atoms with E-state index in [0.717, 1.165) is 12.5 Å². The molecule has 5 nitrogen and oxygen atoms in total. The van der Waals surface area contributed by atoms with Crippen molar-refractivity contribution in [2.24, 2.45) is 5.10 Å². The highest BCUT2D eigenvalue weighted by Gasteiger charge is 2.05. The largest absolute Gasteiger partial charge is 0.293 e. The molecule has 1 N–H and O–H groups in total. The van der Waals surface area contributed by atoms with Gasteiger partial charge in [-0.2, -0.15) is 5.10 Å². The number of hydrogen-bond donors (Lipinski definition) is 1. The lowest BCUT2D eigenvalue weighted by atomic mass is 10.3. The minimum atomic E-state index is -3.17. The number of carbonyl (C=O) groups is 1. The Morgan fingerprint density at radius 3 is 2.31 bits per heavy atom. The summed E-state index contributed by atoms with van der Waals surface area (Å²) in [5.41, 5.74) is 3.22. The van der Waals surface area contributed by atoms with Crippen LogP contribution in [0.1, 0.15) is 6.92 Å². The number of nitrogens with one attached hydrogen (secondary N) is 1. The Bertz CT molecular complexity index is 503. The second kappa shape index (κ2) is 4.89. The molecular formula is C10H12N2O3S. The van der Waals surface area contributed by atoms with E-state index in [1.807, 2.05) is 0 Å². The Hall–Kier alpha value is -1.69. The van der Waals surface area contributed by atoms with Crippen molar-refractivity contribution in [2.75, 3.05) is 11.7 Å². The summed E-state index contributed by atoms with van der Waals surface area (Å²) in [5.74, 6) is -0.166. The Balaban J connectivity index is 2.77. The second-order valence-electron chi connectivity index (χ2n) is 3.28. The number of rotatable bonds is 4. The Morgan fingerprint density at radius 1 is 1.31 bits per heavy atom. The molecule has 0 atom stereocenters. The van der Waals surface area contributed by atoms with Gasteiger partial charge in [0.25, 0.3) is 0 Å². The molecule has 1 aromatic rings. The molecule has 0 heterocycles. The quantitative estimate of drug-likeness (QED) is 0.631. The van der Waals surface area contributed by atoms with Crippen LogP contribution < -0.4 is 5.43 Å². The second-order valence-corrected chi connectivity index (χ2v) is 5.29. The van der Waals surface area contributed by atoms with Crippen molar-refractivity contribution in [3.63, 3.8) is 0 Å². The third-order valence-corrected chi connectivity index (χ3v) is 2.85. The molecule has 0 aliphatic rings. The summed E-state index contributed by atoms with van der Waals surface area (Å²) in [6, 6.07) is 6.10. The summed E-state index contributed by atoms with van der Waals surface area (Å²) < 4.78 is 22.3. The van der Waals surface area contributed by atoms with Crippen LogP contribution in [0.4, 0.5) is 5.69 Å². The lowest BCUT2D eigenvalue weighted by Crippen LogP contribution is -1.98. The highest BCUT2D eigenvalue weighted by atomic mass is 32.2. The predicted molar refractivity (Wildman–Crippen MR) is 62.3 cm³/mol. The molecule has 0 aliphatic heterocycles. The normalized spacial score (nSPS) is 11.6. The van der Waals surface area contributed by atoms with E-state index in [2.05, 4.69) is 10.5 Å². The maximum Gasteiger partial charge on any atom is 0.175 e. The van der Waals surface area contributed by atoms with Crippen molar-refractivity contribution in [3.05, 3.63) is 24.3 Å². The van der Waals surface area contributed by atoms with Crippen molar-refractivity contribution < 1.29 is 13.2 Å². The monoisotopic (exact) mass is 240 g/mol. The molecule has 0 fully saturated rings. The van der Waals surface area contributed by atoms with Gasteiger partial charge in [0, 0.05) is 13.2 Å². The highest BCUT2D eigenvalue weighted by molar-refractivity contribution is 7.90. The predicted octanol–water partition coefficient (Wildman–Crippen LogP) is 1.08. The molecule has 6 heteroatoms. The van der Waals surface area contributed by atoms with E-state index in [-0.39, 0.29) is 10.7 Å². The third kappa shape index (κ3) is 3.82. The van der Waals surface area contributed by atoms with Crippen LogP contribution in [0.25, 0.3) is 0 Å². The summed E-state index contributed by atoms with van der Waals surface area (Å²) in [7, 11) is -3.17. The van der Waals surface area contributed by atoms with E-state index < -0.39 is 9.84 Å². The van der Waals surface area contributed by atoms with Crippen molar-refractivity contribution in [2.45, 2.75) is 11.8 Å². The van der Waals surface area contributed by atoms with Gasteiger partial charge in [-0.15, -0.1) is 0 Å². The van der Waals surface area contributed by atoms with E-state index >= 15 is 0 Å². The molecule has 0 amide bonds. The number of ketones is 1. The molecule has 1 aromatic carbocycles. The fourth-order valence-corrected chi connectivity index (χ4v) is 1.60. The van der Waals surface area contributed by atoms with Gasteiger partial charge in [-0.3, -0.25) is 10.2 Å². The van der Waals surface area contributed by atoms with Gasteiger partial charge in [-0.05, 0) is 24.3 Å². The van der Waals surface area contributed by atoms with E-state index in [4.69, 9.17) is 0 Å². The summed E-state index contributed by atoms with van der Waals surface area (Å²) >= 11 is 0. The number of Topliss-reactive ketones (excluding diaryl/α,β-unsaturated/α-hetero) is 1. The van der Waals surface area contributed by atoms with Crippen molar-refractivity contribution in [1.82, 2.24) is 0 Å². The minimum absolute atomic E-state index is 0.166. The van der Waals surface area contributed by atoms with E-state index in [0.29, 0.717) is 5.69 Å². The standard InChI is InChI=1S/C10H12N2O3S/c1-8(13)7-11-12-9-3-5-10(6-4-9)16(2,14)15/h3-7,12H,1-2H3. The zero-order valence-corrected chi connectivity index (χ0v) is 9.78. The van der Waals surface area contributed by atoms with Gasteiger partial charge >= 0.3 is 0 Å². The van der Waals surface area contributed by atoms with Gasteiger partial charge < -0.3 is 0 Å². The Labute approximate surface area is 94.1 Å². The van der Waals surface area contributed by atoms with E-state index in [1.165, 1.54) is 19.1 Å². The number of hydrogen-bond acceptors (Lipinski definition) is 5. The van der Waals surface area contributed by atoms with Crippen molar-refractivity contribution in [3.8, 4) is 0 Å². The number of sulfone groups is 1. The van der Waals surface area contributed by atoms with Crippen LogP contribution in [0.5, 0.6) is 0 Å². The lowest BCUT2D eigenvalue weighted by Gasteiger charge is -2.01. The number of benzene rings is 1. The zero-order valence-electron chi connectivity index (χ0n) is 8.97. The average molecular weight is 240 g/mol. The van der Waals surface area contributed by atoms with E-state index in [9.17, 15) is 13.2 Å². The van der Waals surface area contributed by atoms with Crippen LogP contribution >= 0.6 is 0 Å². The van der Waals surface area contributed by atoms with Crippen LogP contribution in [0, 0.1) is 0 Å². The lowest BCUT2D eigenvalue weighted by molar-refractivity contribution is -0.110. The van der Waals surface area contributed by atoms with Gasteiger partial charge in [-0.25, -0.2) is 8.42 Å². The number of hydrazone groups is 1. The van der Waals surface area contributed by atoms with Crippen LogP contribution in [0.3, 0.4) is 0 Å². The molecular weight excluding hydrogens is 228 g/mol. The smallest absolute Gasteiger partial charge is 0.175 e. The number of anilines is 1. The fraction of sp³-hybridized carbons (Fsp3) is 0.200. The number of carbonyl (C=O) groups excluding carboxylic acids is 1. The Kier molecular flexibility index (Phi) is 3.78. The summed E-state index contributed by atoms with van der Waals surface area (Å²) in [5, 5.41) is 3.66. The van der Waals surface area contributed by atoms with Crippen LogP contribution in [0.15, 0.2) is 34.3 Å². The molecule has 0 aliphatic carbocycles. The molecule has 0 saturated heterocycles. The summed E-state index contributed by atoms with van der Waals surface area (Å²) in [6.07, 6.45) is 2.29. The maximum absolute atomic E-state index is 11.2. The van der Waals surface area contributed by atoms with E-state index in [1.54, 1.807) is 12.1 Å². The molecule has 0 unspecified atom stereocenters. The number of nitrogens with zero attached hydrogens (tertiary/aromatic N) is 1. The molecule has 16 heavy (non-hydrogen) atoms. The van der Waals surface area contributed by atoms with Gasteiger partial charge in [0.2, 0.25) is 0 Å². The summed E-state index contributed by atoms with van der Waals surface area (Å²) in [6.45, 7) is 1.39. The molecule has 0 aromatic heterocycles. The van der Waals surface area contributed by atoms with Crippen molar-refractivity contribution in [1.29, 1.82) is 0 Å². The summed E-state index contributed by atoms with van der Waals surface area (Å²) in [4.78, 5) is 10.8. The van der Waals surface area contributed by atoms with Crippen molar-refractivity contribution >= 4 is 27.5 Å². The Morgan fingerprint density at radius 2 is 1.88 bits per heavy atom. The molecule has 1 rings (SSSR count).